The fourth-order valence-electron chi connectivity index (χ4n) is 4.28. The first kappa shape index (κ1) is 21.4. The van der Waals surface area contributed by atoms with E-state index in [9.17, 15) is 18.0 Å². The molecule has 0 aromatic carbocycles. The number of aromatic nitrogens is 5. The molecule has 3 aromatic rings. The van der Waals surface area contributed by atoms with Gasteiger partial charge in [0.1, 0.15) is 12.0 Å². The van der Waals surface area contributed by atoms with E-state index in [2.05, 4.69) is 25.4 Å². The van der Waals surface area contributed by atoms with Crippen molar-refractivity contribution in [3.05, 3.63) is 52.6 Å². The summed E-state index contributed by atoms with van der Waals surface area (Å²) in [5, 5.41) is 7.54. The highest BCUT2D eigenvalue weighted by atomic mass is 19.3. The molecule has 0 radical (unpaired) electrons. The van der Waals surface area contributed by atoms with Crippen LogP contribution in [0.25, 0.3) is 5.78 Å². The Labute approximate surface area is 177 Å². The number of nitrogens with one attached hydrogen (secondary N) is 1. The van der Waals surface area contributed by atoms with Crippen molar-refractivity contribution in [1.82, 2.24) is 29.9 Å². The molecule has 1 N–H and O–H groups in total. The summed E-state index contributed by atoms with van der Waals surface area (Å²) in [6, 6.07) is 2.77. The number of carbonyl (C=O) groups is 1. The number of aryl methyl sites for hydroxylation is 2. The van der Waals surface area contributed by atoms with Crippen LogP contribution in [0.4, 0.5) is 13.2 Å². The monoisotopic (exact) mass is 432 g/mol. The lowest BCUT2D eigenvalue weighted by atomic mass is 9.88. The van der Waals surface area contributed by atoms with Crippen molar-refractivity contribution in [2.75, 3.05) is 6.54 Å². The topological polar surface area (TPSA) is 85.1 Å². The molecule has 0 spiro atoms. The molecular formula is C21H23F3N6O. The third-order valence-electron chi connectivity index (χ3n) is 5.72. The summed E-state index contributed by atoms with van der Waals surface area (Å²) in [6.07, 6.45) is 0.700. The number of Topliss-reactive ketones (excluding diaryl/α,β-unsaturated/α-hetero) is 1. The first-order chi connectivity index (χ1) is 14.8. The molecule has 2 atom stereocenters. The molecule has 3 aromatic heterocycles. The van der Waals surface area contributed by atoms with Gasteiger partial charge in [-0.2, -0.15) is 10.1 Å². The first-order valence-corrected chi connectivity index (χ1v) is 10.2. The number of hydrogen-bond donors (Lipinski definition) is 1. The summed E-state index contributed by atoms with van der Waals surface area (Å²) in [6.45, 7) is 4.03. The lowest BCUT2D eigenvalue weighted by Gasteiger charge is -2.25. The van der Waals surface area contributed by atoms with E-state index in [4.69, 9.17) is 0 Å². The average Bonchev–Trinajstić information content (AvgIpc) is 3.42. The lowest BCUT2D eigenvalue weighted by molar-refractivity contribution is 0.0971. The molecule has 0 amide bonds. The van der Waals surface area contributed by atoms with E-state index in [1.165, 1.54) is 29.9 Å². The minimum Gasteiger partial charge on any atom is -0.313 e. The van der Waals surface area contributed by atoms with Crippen LogP contribution >= 0.6 is 0 Å². The molecule has 4 rings (SSSR count). The van der Waals surface area contributed by atoms with E-state index >= 15 is 0 Å². The lowest BCUT2D eigenvalue weighted by Crippen LogP contribution is -2.31. The Morgan fingerprint density at radius 3 is 2.81 bits per heavy atom. The van der Waals surface area contributed by atoms with Crippen molar-refractivity contribution in [1.29, 1.82) is 0 Å². The fourth-order valence-corrected chi connectivity index (χ4v) is 4.28. The Bertz CT molecular complexity index is 1110. The van der Waals surface area contributed by atoms with E-state index < -0.39 is 12.2 Å². The van der Waals surface area contributed by atoms with Gasteiger partial charge in [0.25, 0.3) is 12.2 Å². The third-order valence-corrected chi connectivity index (χ3v) is 5.72. The highest BCUT2D eigenvalue weighted by Crippen LogP contribution is 2.32. The summed E-state index contributed by atoms with van der Waals surface area (Å²) in [5.74, 6) is -1.16. The van der Waals surface area contributed by atoms with Gasteiger partial charge in [0, 0.05) is 24.1 Å². The Morgan fingerprint density at radius 2 is 2.10 bits per heavy atom. The quantitative estimate of drug-likeness (QED) is 0.573. The largest absolute Gasteiger partial charge is 0.313 e. The number of ketones is 1. The van der Waals surface area contributed by atoms with Gasteiger partial charge in [-0.05, 0) is 51.8 Å². The van der Waals surface area contributed by atoms with Gasteiger partial charge >= 0.3 is 0 Å². The zero-order valence-electron chi connectivity index (χ0n) is 17.3. The Kier molecular flexibility index (Phi) is 5.99. The summed E-state index contributed by atoms with van der Waals surface area (Å²) < 4.78 is 42.8. The number of rotatable bonds is 7. The molecule has 10 heteroatoms. The van der Waals surface area contributed by atoms with Crippen molar-refractivity contribution in [3.63, 3.8) is 0 Å². The van der Waals surface area contributed by atoms with Crippen molar-refractivity contribution < 1.29 is 18.0 Å². The van der Waals surface area contributed by atoms with Gasteiger partial charge in [-0.3, -0.25) is 9.78 Å². The number of fused-ring (bicyclic) bond motifs is 1. The molecule has 31 heavy (non-hydrogen) atoms. The molecule has 1 saturated heterocycles. The fraction of sp³-hybridized carbons (Fsp3) is 0.476. The van der Waals surface area contributed by atoms with Gasteiger partial charge in [0.15, 0.2) is 11.6 Å². The SMILES string of the molecule is Cc1cc(C(=O)CCC(c2cc(C(F)F)nc3ncnn23)C2CCCN2)c(F)c(C)n1. The predicted molar refractivity (Wildman–Crippen MR) is 107 cm³/mol. The third kappa shape index (κ3) is 4.30. The Hall–Kier alpha value is -2.88. The molecule has 0 bridgehead atoms. The van der Waals surface area contributed by atoms with E-state index in [1.807, 2.05) is 0 Å². The predicted octanol–water partition coefficient (Wildman–Crippen LogP) is 3.71. The molecule has 7 nitrogen and oxygen atoms in total. The Morgan fingerprint density at radius 1 is 1.29 bits per heavy atom. The maximum atomic E-state index is 14.5. The van der Waals surface area contributed by atoms with Crippen LogP contribution in [0.1, 0.15) is 71.2 Å². The minimum atomic E-state index is -2.75. The number of nitrogens with zero attached hydrogens (tertiary/aromatic N) is 5. The van der Waals surface area contributed by atoms with Crippen LogP contribution in [-0.2, 0) is 0 Å². The first-order valence-electron chi connectivity index (χ1n) is 10.2. The molecule has 1 aliphatic heterocycles. The average molecular weight is 432 g/mol. The number of alkyl halides is 2. The highest BCUT2D eigenvalue weighted by molar-refractivity contribution is 5.96. The maximum Gasteiger partial charge on any atom is 0.280 e. The molecule has 2 unspecified atom stereocenters. The van der Waals surface area contributed by atoms with Gasteiger partial charge in [-0.25, -0.2) is 22.7 Å². The van der Waals surface area contributed by atoms with Gasteiger partial charge in [0.2, 0.25) is 0 Å². The molecule has 0 aliphatic carbocycles. The molecule has 0 saturated carbocycles. The van der Waals surface area contributed by atoms with E-state index in [0.717, 1.165) is 19.4 Å². The highest BCUT2D eigenvalue weighted by Gasteiger charge is 2.30. The molecule has 4 heterocycles. The van der Waals surface area contributed by atoms with E-state index in [-0.39, 0.29) is 46.9 Å². The smallest absolute Gasteiger partial charge is 0.280 e. The van der Waals surface area contributed by atoms with Crippen molar-refractivity contribution in [2.24, 2.45) is 0 Å². The molecular weight excluding hydrogens is 409 g/mol. The van der Waals surface area contributed by atoms with Crippen LogP contribution in [0.5, 0.6) is 0 Å². The number of hydrogen-bond acceptors (Lipinski definition) is 6. The molecule has 164 valence electrons. The number of carbonyl (C=O) groups excluding carboxylic acids is 1. The summed E-state index contributed by atoms with van der Waals surface area (Å²) >= 11 is 0. The second-order valence-electron chi connectivity index (χ2n) is 7.86. The summed E-state index contributed by atoms with van der Waals surface area (Å²) in [7, 11) is 0. The van der Waals surface area contributed by atoms with Gasteiger partial charge in [-0.1, -0.05) is 0 Å². The van der Waals surface area contributed by atoms with Crippen LogP contribution < -0.4 is 5.32 Å². The standard InChI is InChI=1S/C21H23F3N6O/c1-11-8-14(19(22)12(2)28-11)18(31)6-5-13(15-4-3-7-25-15)17-9-16(20(23)24)29-21-26-10-27-30(17)21/h8-10,13,15,20,25H,3-7H2,1-2H3. The van der Waals surface area contributed by atoms with Gasteiger partial charge in [-0.15, -0.1) is 0 Å². The Balaban J connectivity index is 1.67. The van der Waals surface area contributed by atoms with Crippen molar-refractivity contribution in [3.8, 4) is 0 Å². The van der Waals surface area contributed by atoms with Crippen LogP contribution in [-0.4, -0.2) is 42.9 Å². The molecule has 1 fully saturated rings. The van der Waals surface area contributed by atoms with Gasteiger partial charge in [0.05, 0.1) is 17.0 Å². The second-order valence-corrected chi connectivity index (χ2v) is 7.86. The second kappa shape index (κ2) is 8.70. The normalized spacial score (nSPS) is 17.5. The summed E-state index contributed by atoms with van der Waals surface area (Å²) in [4.78, 5) is 24.7. The molecule has 1 aliphatic rings. The van der Waals surface area contributed by atoms with Crippen molar-refractivity contribution >= 4 is 11.6 Å². The van der Waals surface area contributed by atoms with E-state index in [1.54, 1.807) is 6.92 Å². The zero-order chi connectivity index (χ0) is 22.1. The van der Waals surface area contributed by atoms with Crippen LogP contribution in [0.2, 0.25) is 0 Å². The number of pyridine rings is 1. The van der Waals surface area contributed by atoms with Crippen LogP contribution in [0.3, 0.4) is 0 Å². The summed E-state index contributed by atoms with van der Waals surface area (Å²) in [5.41, 5.74) is 0.898. The van der Waals surface area contributed by atoms with Crippen LogP contribution in [0, 0.1) is 19.7 Å². The van der Waals surface area contributed by atoms with Crippen LogP contribution in [0.15, 0.2) is 18.5 Å². The van der Waals surface area contributed by atoms with E-state index in [0.29, 0.717) is 17.8 Å². The number of halogens is 3. The van der Waals surface area contributed by atoms with Gasteiger partial charge < -0.3 is 5.32 Å². The van der Waals surface area contributed by atoms with Crippen molar-refractivity contribution in [2.45, 2.75) is 57.9 Å². The minimum absolute atomic E-state index is 0.0111. The maximum absolute atomic E-state index is 14.5. The zero-order valence-corrected chi connectivity index (χ0v) is 17.3.